The summed E-state index contributed by atoms with van der Waals surface area (Å²) in [5.74, 6) is 0.166. The summed E-state index contributed by atoms with van der Waals surface area (Å²) in [5.41, 5.74) is 2.09. The molecule has 3 rings (SSSR count). The summed E-state index contributed by atoms with van der Waals surface area (Å²) in [4.78, 5) is 27.7. The molecule has 0 saturated heterocycles. The van der Waals surface area contributed by atoms with E-state index in [0.29, 0.717) is 17.3 Å². The lowest BCUT2D eigenvalue weighted by molar-refractivity contribution is -0.142. The monoisotopic (exact) mass is 442 g/mol. The largest absolute Gasteiger partial charge is 0.484 e. The number of ether oxygens (including phenoxy) is 1. The SMILES string of the molecule is Cc1cccc(CN(C(=O)COc2cccc(Cl)c2)[C@@H](C)C(=O)NC2CCCCC2)c1. The van der Waals surface area contributed by atoms with Crippen molar-refractivity contribution in [2.45, 2.75) is 64.6 Å². The van der Waals surface area contributed by atoms with Gasteiger partial charge in [-0.1, -0.05) is 66.8 Å². The van der Waals surface area contributed by atoms with Crippen molar-refractivity contribution in [3.05, 3.63) is 64.7 Å². The van der Waals surface area contributed by atoms with Gasteiger partial charge in [0, 0.05) is 17.6 Å². The van der Waals surface area contributed by atoms with E-state index in [9.17, 15) is 9.59 Å². The van der Waals surface area contributed by atoms with Gasteiger partial charge < -0.3 is 15.0 Å². The molecule has 2 aromatic rings. The Morgan fingerprint density at radius 2 is 1.87 bits per heavy atom. The number of carbonyl (C=O) groups excluding carboxylic acids is 2. The number of aryl methyl sites for hydroxylation is 1. The first-order valence-electron chi connectivity index (χ1n) is 11.0. The first-order valence-corrected chi connectivity index (χ1v) is 11.3. The first-order chi connectivity index (χ1) is 14.9. The third kappa shape index (κ3) is 7.00. The molecule has 0 unspecified atom stereocenters. The van der Waals surface area contributed by atoms with E-state index in [1.165, 1.54) is 6.42 Å². The van der Waals surface area contributed by atoms with Gasteiger partial charge in [-0.3, -0.25) is 9.59 Å². The zero-order valence-corrected chi connectivity index (χ0v) is 19.0. The van der Waals surface area contributed by atoms with Crippen LogP contribution in [-0.2, 0) is 16.1 Å². The molecule has 1 aliphatic rings. The predicted molar refractivity (Wildman–Crippen MR) is 123 cm³/mol. The van der Waals surface area contributed by atoms with Crippen molar-refractivity contribution in [3.8, 4) is 5.75 Å². The quantitative estimate of drug-likeness (QED) is 0.633. The molecule has 31 heavy (non-hydrogen) atoms. The van der Waals surface area contributed by atoms with E-state index < -0.39 is 6.04 Å². The summed E-state index contributed by atoms with van der Waals surface area (Å²) in [6.45, 7) is 3.98. The number of nitrogens with one attached hydrogen (secondary N) is 1. The average molecular weight is 443 g/mol. The van der Waals surface area contributed by atoms with Crippen molar-refractivity contribution < 1.29 is 14.3 Å². The maximum Gasteiger partial charge on any atom is 0.261 e. The van der Waals surface area contributed by atoms with Crippen LogP contribution in [0.4, 0.5) is 0 Å². The molecule has 0 radical (unpaired) electrons. The van der Waals surface area contributed by atoms with E-state index in [0.717, 1.165) is 36.8 Å². The topological polar surface area (TPSA) is 58.6 Å². The summed E-state index contributed by atoms with van der Waals surface area (Å²) in [7, 11) is 0. The van der Waals surface area contributed by atoms with E-state index >= 15 is 0 Å². The Labute approximate surface area is 189 Å². The molecule has 1 aliphatic carbocycles. The van der Waals surface area contributed by atoms with Crippen molar-refractivity contribution in [1.29, 1.82) is 0 Å². The van der Waals surface area contributed by atoms with Crippen LogP contribution in [0.5, 0.6) is 5.75 Å². The van der Waals surface area contributed by atoms with Crippen molar-refractivity contribution in [2.75, 3.05) is 6.61 Å². The minimum atomic E-state index is -0.599. The third-order valence-corrected chi connectivity index (χ3v) is 5.95. The maximum absolute atomic E-state index is 13.1. The zero-order valence-electron chi connectivity index (χ0n) is 18.3. The Balaban J connectivity index is 1.70. The molecule has 2 aromatic carbocycles. The molecule has 6 heteroatoms. The maximum atomic E-state index is 13.1. The van der Waals surface area contributed by atoms with Gasteiger partial charge in [0.15, 0.2) is 6.61 Å². The van der Waals surface area contributed by atoms with Gasteiger partial charge in [-0.2, -0.15) is 0 Å². The summed E-state index contributed by atoms with van der Waals surface area (Å²) in [6.07, 6.45) is 5.50. The lowest BCUT2D eigenvalue weighted by atomic mass is 9.95. The fourth-order valence-corrected chi connectivity index (χ4v) is 4.12. The van der Waals surface area contributed by atoms with Crippen molar-refractivity contribution in [3.63, 3.8) is 0 Å². The van der Waals surface area contributed by atoms with Crippen molar-refractivity contribution >= 4 is 23.4 Å². The predicted octanol–water partition coefficient (Wildman–Crippen LogP) is 4.89. The standard InChI is InChI=1S/C25H31ClN2O3/c1-18-8-6-9-20(14-18)16-28(19(2)25(30)27-22-11-4-3-5-12-22)24(29)17-31-23-13-7-10-21(26)15-23/h6-10,13-15,19,22H,3-5,11-12,16-17H2,1-2H3,(H,27,30)/t19-/m0/s1. The molecular weight excluding hydrogens is 412 g/mol. The summed E-state index contributed by atoms with van der Waals surface area (Å²) < 4.78 is 5.66. The van der Waals surface area contributed by atoms with Crippen LogP contribution in [0, 0.1) is 6.92 Å². The highest BCUT2D eigenvalue weighted by atomic mass is 35.5. The lowest BCUT2D eigenvalue weighted by Gasteiger charge is -2.31. The Kier molecular flexibility index (Phi) is 8.35. The number of hydrogen-bond donors (Lipinski definition) is 1. The molecule has 0 aliphatic heterocycles. The number of amides is 2. The van der Waals surface area contributed by atoms with Crippen LogP contribution in [0.3, 0.4) is 0 Å². The van der Waals surface area contributed by atoms with Crippen molar-refractivity contribution in [2.24, 2.45) is 0 Å². The second-order valence-corrected chi connectivity index (χ2v) is 8.71. The summed E-state index contributed by atoms with van der Waals surface area (Å²) in [5, 5.41) is 3.68. The molecule has 1 saturated carbocycles. The minimum absolute atomic E-state index is 0.115. The van der Waals surface area contributed by atoms with Crippen LogP contribution in [0.25, 0.3) is 0 Å². The van der Waals surface area contributed by atoms with Gasteiger partial charge in [0.2, 0.25) is 5.91 Å². The molecule has 0 bridgehead atoms. The number of rotatable bonds is 8. The van der Waals surface area contributed by atoms with Crippen LogP contribution >= 0.6 is 11.6 Å². The number of carbonyl (C=O) groups is 2. The molecule has 0 heterocycles. The highest BCUT2D eigenvalue weighted by Gasteiger charge is 2.28. The van der Waals surface area contributed by atoms with E-state index in [-0.39, 0.29) is 24.5 Å². The second-order valence-electron chi connectivity index (χ2n) is 8.28. The number of benzene rings is 2. The van der Waals surface area contributed by atoms with E-state index in [1.54, 1.807) is 36.1 Å². The van der Waals surface area contributed by atoms with Crippen LogP contribution in [0.15, 0.2) is 48.5 Å². The molecular formula is C25H31ClN2O3. The Bertz CT molecular complexity index is 896. The van der Waals surface area contributed by atoms with Crippen LogP contribution in [-0.4, -0.2) is 35.4 Å². The first kappa shape index (κ1) is 23.1. The number of halogens is 1. The van der Waals surface area contributed by atoms with Crippen LogP contribution in [0.2, 0.25) is 5.02 Å². The molecule has 1 atom stereocenters. The summed E-state index contributed by atoms with van der Waals surface area (Å²) >= 11 is 6.00. The molecule has 2 amide bonds. The molecule has 5 nitrogen and oxygen atoms in total. The highest BCUT2D eigenvalue weighted by molar-refractivity contribution is 6.30. The van der Waals surface area contributed by atoms with E-state index in [2.05, 4.69) is 5.32 Å². The Morgan fingerprint density at radius 3 is 2.58 bits per heavy atom. The Morgan fingerprint density at radius 1 is 1.13 bits per heavy atom. The van der Waals surface area contributed by atoms with Gasteiger partial charge in [-0.15, -0.1) is 0 Å². The Hall–Kier alpha value is -2.53. The van der Waals surface area contributed by atoms with E-state index in [4.69, 9.17) is 16.3 Å². The molecule has 1 fully saturated rings. The second kappa shape index (κ2) is 11.2. The lowest BCUT2D eigenvalue weighted by Crippen LogP contribution is -2.51. The third-order valence-electron chi connectivity index (χ3n) is 5.71. The fourth-order valence-electron chi connectivity index (χ4n) is 3.94. The van der Waals surface area contributed by atoms with Gasteiger partial charge in [-0.25, -0.2) is 0 Å². The smallest absolute Gasteiger partial charge is 0.261 e. The number of hydrogen-bond acceptors (Lipinski definition) is 3. The number of nitrogens with zero attached hydrogens (tertiary/aromatic N) is 1. The van der Waals surface area contributed by atoms with Crippen LogP contribution < -0.4 is 10.1 Å². The van der Waals surface area contributed by atoms with Gasteiger partial charge in [0.05, 0.1) is 0 Å². The normalized spacial score (nSPS) is 15.2. The highest BCUT2D eigenvalue weighted by Crippen LogP contribution is 2.20. The van der Waals surface area contributed by atoms with Crippen molar-refractivity contribution in [1.82, 2.24) is 10.2 Å². The summed E-state index contributed by atoms with van der Waals surface area (Å²) in [6, 6.07) is 14.5. The average Bonchev–Trinajstić information content (AvgIpc) is 2.76. The van der Waals surface area contributed by atoms with Gasteiger partial charge in [-0.05, 0) is 50.5 Å². The van der Waals surface area contributed by atoms with Gasteiger partial charge in [0.1, 0.15) is 11.8 Å². The molecule has 166 valence electrons. The fraction of sp³-hybridized carbons (Fsp3) is 0.440. The molecule has 0 spiro atoms. The molecule has 0 aromatic heterocycles. The minimum Gasteiger partial charge on any atom is -0.484 e. The van der Waals surface area contributed by atoms with Gasteiger partial charge in [0.25, 0.3) is 5.91 Å². The van der Waals surface area contributed by atoms with E-state index in [1.807, 2.05) is 31.2 Å². The zero-order chi connectivity index (χ0) is 22.2. The van der Waals surface area contributed by atoms with Crippen LogP contribution in [0.1, 0.15) is 50.2 Å². The van der Waals surface area contributed by atoms with Gasteiger partial charge >= 0.3 is 0 Å². The molecule has 1 N–H and O–H groups in total.